The lowest BCUT2D eigenvalue weighted by Gasteiger charge is -2.05. The maximum Gasteiger partial charge on any atom is 0.134 e. The van der Waals surface area contributed by atoms with Crippen molar-refractivity contribution in [3.63, 3.8) is 0 Å². The molecule has 2 heteroatoms. The molecule has 0 atom stereocenters. The number of rotatable bonds is 3. The Kier molecular flexibility index (Phi) is 2.77. The molecule has 0 radical (unpaired) electrons. The minimum atomic E-state index is 0.586. The third-order valence-corrected chi connectivity index (χ3v) is 2.86. The summed E-state index contributed by atoms with van der Waals surface area (Å²) in [6.45, 7) is 2.54. The Morgan fingerprint density at radius 1 is 1.00 bits per heavy atom. The van der Waals surface area contributed by atoms with Crippen LogP contribution < -0.4 is 4.74 Å². The van der Waals surface area contributed by atoms with Gasteiger partial charge < -0.3 is 9.15 Å². The van der Waals surface area contributed by atoms with Crippen molar-refractivity contribution in [3.8, 4) is 5.75 Å². The van der Waals surface area contributed by atoms with E-state index >= 15 is 0 Å². The van der Waals surface area contributed by atoms with Crippen LogP contribution in [-0.4, -0.2) is 0 Å². The van der Waals surface area contributed by atoms with Crippen LogP contribution in [0.2, 0.25) is 0 Å². The van der Waals surface area contributed by atoms with Crippen LogP contribution in [0.25, 0.3) is 11.0 Å². The fraction of sp³-hybridized carbons (Fsp3) is 0.125. The average molecular weight is 238 g/mol. The first-order valence-electron chi connectivity index (χ1n) is 5.98. The number of ether oxygens (including phenoxy) is 1. The Morgan fingerprint density at radius 3 is 2.67 bits per heavy atom. The highest BCUT2D eigenvalue weighted by molar-refractivity contribution is 5.79. The van der Waals surface area contributed by atoms with E-state index in [0.29, 0.717) is 6.61 Å². The van der Waals surface area contributed by atoms with E-state index < -0.39 is 0 Å². The summed E-state index contributed by atoms with van der Waals surface area (Å²) in [5, 5.41) is 1.08. The summed E-state index contributed by atoms with van der Waals surface area (Å²) in [5.41, 5.74) is 2.07. The number of hydrogen-bond acceptors (Lipinski definition) is 2. The SMILES string of the molecule is Cc1cc2cc(OCc3ccccc3)ccc2o1. The van der Waals surface area contributed by atoms with Crippen LogP contribution in [-0.2, 0) is 6.61 Å². The highest BCUT2D eigenvalue weighted by atomic mass is 16.5. The summed E-state index contributed by atoms with van der Waals surface area (Å²) in [6.07, 6.45) is 0. The first-order chi connectivity index (χ1) is 8.81. The first kappa shape index (κ1) is 10.9. The number of benzene rings is 2. The highest BCUT2D eigenvalue weighted by Crippen LogP contribution is 2.24. The Labute approximate surface area is 106 Å². The second-order valence-corrected chi connectivity index (χ2v) is 4.33. The lowest BCUT2D eigenvalue weighted by atomic mass is 10.2. The Balaban J connectivity index is 1.78. The molecule has 0 amide bonds. The van der Waals surface area contributed by atoms with Crippen molar-refractivity contribution in [2.75, 3.05) is 0 Å². The molecule has 0 aliphatic heterocycles. The molecule has 2 nitrogen and oxygen atoms in total. The quantitative estimate of drug-likeness (QED) is 0.678. The first-order valence-corrected chi connectivity index (χ1v) is 5.98. The summed E-state index contributed by atoms with van der Waals surface area (Å²) in [6, 6.07) is 18.1. The molecule has 0 bridgehead atoms. The molecule has 1 heterocycles. The third kappa shape index (κ3) is 2.23. The van der Waals surface area contributed by atoms with Crippen molar-refractivity contribution in [2.24, 2.45) is 0 Å². The van der Waals surface area contributed by atoms with Gasteiger partial charge in [-0.3, -0.25) is 0 Å². The topological polar surface area (TPSA) is 22.4 Å². The zero-order valence-corrected chi connectivity index (χ0v) is 10.2. The van der Waals surface area contributed by atoms with E-state index in [-0.39, 0.29) is 0 Å². The van der Waals surface area contributed by atoms with Gasteiger partial charge in [-0.1, -0.05) is 30.3 Å². The Morgan fingerprint density at radius 2 is 1.83 bits per heavy atom. The monoisotopic (exact) mass is 238 g/mol. The fourth-order valence-electron chi connectivity index (χ4n) is 1.98. The van der Waals surface area contributed by atoms with Gasteiger partial charge in [-0.2, -0.15) is 0 Å². The van der Waals surface area contributed by atoms with Crippen LogP contribution in [0.15, 0.2) is 59.0 Å². The molecular formula is C16H14O2. The van der Waals surface area contributed by atoms with E-state index in [1.165, 1.54) is 5.56 Å². The highest BCUT2D eigenvalue weighted by Gasteiger charge is 2.02. The zero-order valence-electron chi connectivity index (χ0n) is 10.2. The van der Waals surface area contributed by atoms with Gasteiger partial charge in [-0.05, 0) is 36.8 Å². The second kappa shape index (κ2) is 4.57. The van der Waals surface area contributed by atoms with Gasteiger partial charge >= 0.3 is 0 Å². The van der Waals surface area contributed by atoms with E-state index in [4.69, 9.17) is 9.15 Å². The molecule has 0 fully saturated rings. The van der Waals surface area contributed by atoms with E-state index in [1.807, 2.05) is 49.4 Å². The van der Waals surface area contributed by atoms with Crippen LogP contribution in [0.3, 0.4) is 0 Å². The van der Waals surface area contributed by atoms with Crippen LogP contribution >= 0.6 is 0 Å². The normalized spacial score (nSPS) is 10.7. The molecule has 2 aromatic carbocycles. The molecule has 18 heavy (non-hydrogen) atoms. The smallest absolute Gasteiger partial charge is 0.134 e. The summed E-state index contributed by atoms with van der Waals surface area (Å²) in [7, 11) is 0. The van der Waals surface area contributed by atoms with E-state index in [2.05, 4.69) is 12.1 Å². The van der Waals surface area contributed by atoms with Gasteiger partial charge in [0.1, 0.15) is 23.7 Å². The minimum absolute atomic E-state index is 0.586. The molecule has 0 N–H and O–H groups in total. The van der Waals surface area contributed by atoms with Crippen LogP contribution in [0.4, 0.5) is 0 Å². The van der Waals surface area contributed by atoms with Crippen molar-refractivity contribution in [3.05, 3.63) is 65.9 Å². The molecule has 0 saturated carbocycles. The van der Waals surface area contributed by atoms with Crippen molar-refractivity contribution in [1.29, 1.82) is 0 Å². The summed E-state index contributed by atoms with van der Waals surface area (Å²) < 4.78 is 11.3. The predicted octanol–water partition coefficient (Wildman–Crippen LogP) is 4.32. The van der Waals surface area contributed by atoms with Crippen LogP contribution in [0.5, 0.6) is 5.75 Å². The van der Waals surface area contributed by atoms with Crippen molar-refractivity contribution < 1.29 is 9.15 Å². The van der Waals surface area contributed by atoms with Gasteiger partial charge in [0.25, 0.3) is 0 Å². The molecule has 0 spiro atoms. The summed E-state index contributed by atoms with van der Waals surface area (Å²) in [5.74, 6) is 1.79. The predicted molar refractivity (Wildman–Crippen MR) is 71.7 cm³/mol. The lowest BCUT2D eigenvalue weighted by molar-refractivity contribution is 0.306. The largest absolute Gasteiger partial charge is 0.489 e. The Hall–Kier alpha value is -2.22. The van der Waals surface area contributed by atoms with Gasteiger partial charge in [0.2, 0.25) is 0 Å². The molecule has 0 aliphatic rings. The third-order valence-electron chi connectivity index (χ3n) is 2.86. The van der Waals surface area contributed by atoms with E-state index in [0.717, 1.165) is 22.5 Å². The van der Waals surface area contributed by atoms with Crippen LogP contribution in [0.1, 0.15) is 11.3 Å². The van der Waals surface area contributed by atoms with Gasteiger partial charge in [-0.25, -0.2) is 0 Å². The zero-order chi connectivity index (χ0) is 12.4. The Bertz CT molecular complexity index is 653. The number of furan rings is 1. The average Bonchev–Trinajstić information content (AvgIpc) is 2.77. The molecule has 90 valence electrons. The van der Waals surface area contributed by atoms with Gasteiger partial charge in [0.05, 0.1) is 0 Å². The maximum atomic E-state index is 5.77. The second-order valence-electron chi connectivity index (χ2n) is 4.33. The molecule has 3 aromatic rings. The molecule has 0 saturated heterocycles. The molecule has 3 rings (SSSR count). The van der Waals surface area contributed by atoms with Gasteiger partial charge in [0, 0.05) is 5.39 Å². The van der Waals surface area contributed by atoms with Gasteiger partial charge in [-0.15, -0.1) is 0 Å². The number of hydrogen-bond donors (Lipinski definition) is 0. The number of fused-ring (bicyclic) bond motifs is 1. The summed E-state index contributed by atoms with van der Waals surface area (Å²) in [4.78, 5) is 0. The van der Waals surface area contributed by atoms with E-state index in [9.17, 15) is 0 Å². The van der Waals surface area contributed by atoms with E-state index in [1.54, 1.807) is 0 Å². The lowest BCUT2D eigenvalue weighted by Crippen LogP contribution is -1.94. The standard InChI is InChI=1S/C16H14O2/c1-12-9-14-10-15(7-8-16(14)18-12)17-11-13-5-3-2-4-6-13/h2-10H,11H2,1H3. The van der Waals surface area contributed by atoms with Gasteiger partial charge in [0.15, 0.2) is 0 Å². The van der Waals surface area contributed by atoms with Crippen molar-refractivity contribution in [2.45, 2.75) is 13.5 Å². The minimum Gasteiger partial charge on any atom is -0.489 e. The summed E-state index contributed by atoms with van der Waals surface area (Å²) >= 11 is 0. The molecule has 0 aliphatic carbocycles. The maximum absolute atomic E-state index is 5.77. The van der Waals surface area contributed by atoms with Crippen molar-refractivity contribution in [1.82, 2.24) is 0 Å². The number of aryl methyl sites for hydroxylation is 1. The molecule has 1 aromatic heterocycles. The molecular weight excluding hydrogens is 224 g/mol. The van der Waals surface area contributed by atoms with Crippen molar-refractivity contribution >= 4 is 11.0 Å². The van der Waals surface area contributed by atoms with Crippen LogP contribution in [0, 0.1) is 6.92 Å². The molecule has 0 unspecified atom stereocenters. The fourth-order valence-corrected chi connectivity index (χ4v) is 1.98.